The molecule has 130 valence electrons. The summed E-state index contributed by atoms with van der Waals surface area (Å²) in [6.45, 7) is 3.55. The summed E-state index contributed by atoms with van der Waals surface area (Å²) >= 11 is 0. The van der Waals surface area contributed by atoms with Crippen molar-refractivity contribution in [3.8, 4) is 0 Å². The summed E-state index contributed by atoms with van der Waals surface area (Å²) in [7, 11) is 0. The molecule has 0 aromatic rings. The molecule has 2 amide bonds. The molecule has 1 heterocycles. The molecular formula is C19H32N2O2. The van der Waals surface area contributed by atoms with Crippen LogP contribution in [0.2, 0.25) is 0 Å². The monoisotopic (exact) mass is 320 g/mol. The molecule has 1 atom stereocenters. The van der Waals surface area contributed by atoms with Crippen LogP contribution in [-0.4, -0.2) is 46.8 Å². The van der Waals surface area contributed by atoms with E-state index in [-0.39, 0.29) is 17.7 Å². The Hall–Kier alpha value is -1.06. The first-order chi connectivity index (χ1) is 11.2. The topological polar surface area (TPSA) is 40.6 Å². The van der Waals surface area contributed by atoms with Gasteiger partial charge < -0.3 is 9.80 Å². The highest BCUT2D eigenvalue weighted by molar-refractivity contribution is 5.89. The SMILES string of the molecule is CCN(C(=O)C1CC(=O)N(C2CCCCC2)C1)C1CCCCC1. The second kappa shape index (κ2) is 7.67. The van der Waals surface area contributed by atoms with Crippen molar-refractivity contribution >= 4 is 11.8 Å². The predicted octanol–water partition coefficient (Wildman–Crippen LogP) is 3.35. The van der Waals surface area contributed by atoms with Crippen LogP contribution in [0.25, 0.3) is 0 Å². The summed E-state index contributed by atoms with van der Waals surface area (Å²) in [5, 5.41) is 0. The zero-order valence-corrected chi connectivity index (χ0v) is 14.6. The number of carbonyl (C=O) groups is 2. The Morgan fingerprint density at radius 1 is 1.04 bits per heavy atom. The zero-order chi connectivity index (χ0) is 16.2. The lowest BCUT2D eigenvalue weighted by molar-refractivity contribution is -0.138. The van der Waals surface area contributed by atoms with E-state index in [2.05, 4.69) is 11.8 Å². The van der Waals surface area contributed by atoms with Crippen LogP contribution in [0, 0.1) is 5.92 Å². The van der Waals surface area contributed by atoms with Crippen LogP contribution >= 0.6 is 0 Å². The molecule has 1 unspecified atom stereocenters. The zero-order valence-electron chi connectivity index (χ0n) is 14.6. The van der Waals surface area contributed by atoms with Gasteiger partial charge >= 0.3 is 0 Å². The number of hydrogen-bond donors (Lipinski definition) is 0. The highest BCUT2D eigenvalue weighted by Gasteiger charge is 2.40. The molecule has 2 aliphatic carbocycles. The van der Waals surface area contributed by atoms with Crippen molar-refractivity contribution in [1.82, 2.24) is 9.80 Å². The van der Waals surface area contributed by atoms with Crippen LogP contribution in [0.1, 0.15) is 77.6 Å². The fourth-order valence-corrected chi connectivity index (χ4v) is 4.86. The Bertz CT molecular complexity index is 425. The van der Waals surface area contributed by atoms with Crippen LogP contribution < -0.4 is 0 Å². The van der Waals surface area contributed by atoms with Crippen LogP contribution in [0.3, 0.4) is 0 Å². The van der Waals surface area contributed by atoms with E-state index in [1.165, 1.54) is 38.5 Å². The van der Waals surface area contributed by atoms with Crippen molar-refractivity contribution in [3.63, 3.8) is 0 Å². The van der Waals surface area contributed by atoms with Gasteiger partial charge in [-0.1, -0.05) is 38.5 Å². The van der Waals surface area contributed by atoms with Crippen molar-refractivity contribution < 1.29 is 9.59 Å². The van der Waals surface area contributed by atoms with Gasteiger partial charge in [0.2, 0.25) is 11.8 Å². The van der Waals surface area contributed by atoms with E-state index in [9.17, 15) is 9.59 Å². The summed E-state index contributed by atoms with van der Waals surface area (Å²) in [5.41, 5.74) is 0. The quantitative estimate of drug-likeness (QED) is 0.797. The Balaban J connectivity index is 1.61. The number of likely N-dealkylation sites (tertiary alicyclic amines) is 1. The Morgan fingerprint density at radius 3 is 2.26 bits per heavy atom. The van der Waals surface area contributed by atoms with Gasteiger partial charge in [0, 0.05) is 31.6 Å². The molecule has 1 saturated heterocycles. The normalized spacial score (nSPS) is 27.4. The van der Waals surface area contributed by atoms with Crippen LogP contribution in [0.15, 0.2) is 0 Å². The maximum atomic E-state index is 13.0. The Labute approximate surface area is 140 Å². The summed E-state index contributed by atoms with van der Waals surface area (Å²) in [5.74, 6) is 0.368. The smallest absolute Gasteiger partial charge is 0.228 e. The lowest BCUT2D eigenvalue weighted by Gasteiger charge is -2.35. The maximum absolute atomic E-state index is 13.0. The van der Waals surface area contributed by atoms with Crippen molar-refractivity contribution in [2.75, 3.05) is 13.1 Å². The first-order valence-corrected chi connectivity index (χ1v) is 9.80. The summed E-state index contributed by atoms with van der Waals surface area (Å²) in [6, 6.07) is 0.818. The predicted molar refractivity (Wildman–Crippen MR) is 91.0 cm³/mol. The highest BCUT2D eigenvalue weighted by atomic mass is 16.2. The summed E-state index contributed by atoms with van der Waals surface area (Å²) in [4.78, 5) is 29.6. The minimum absolute atomic E-state index is 0.0914. The molecule has 3 rings (SSSR count). The fraction of sp³-hybridized carbons (Fsp3) is 0.895. The Morgan fingerprint density at radius 2 is 1.65 bits per heavy atom. The first kappa shape index (κ1) is 16.8. The number of rotatable bonds is 4. The molecule has 0 N–H and O–H groups in total. The third-order valence-corrected chi connectivity index (χ3v) is 6.16. The molecule has 3 aliphatic rings. The highest BCUT2D eigenvalue weighted by Crippen LogP contribution is 2.31. The first-order valence-electron chi connectivity index (χ1n) is 9.80. The van der Waals surface area contributed by atoms with Gasteiger partial charge in [0.15, 0.2) is 0 Å². The molecule has 4 nitrogen and oxygen atoms in total. The van der Waals surface area contributed by atoms with Gasteiger partial charge in [0.05, 0.1) is 5.92 Å². The van der Waals surface area contributed by atoms with E-state index in [1.54, 1.807) is 0 Å². The summed E-state index contributed by atoms with van der Waals surface area (Å²) in [6.07, 6.45) is 12.5. The van der Waals surface area contributed by atoms with Gasteiger partial charge in [-0.15, -0.1) is 0 Å². The largest absolute Gasteiger partial charge is 0.340 e. The minimum Gasteiger partial charge on any atom is -0.340 e. The molecule has 0 aromatic heterocycles. The molecular weight excluding hydrogens is 288 g/mol. The van der Waals surface area contributed by atoms with E-state index in [0.717, 1.165) is 32.2 Å². The summed E-state index contributed by atoms with van der Waals surface area (Å²) < 4.78 is 0. The average molecular weight is 320 g/mol. The van der Waals surface area contributed by atoms with Crippen LogP contribution in [-0.2, 0) is 9.59 Å². The fourth-order valence-electron chi connectivity index (χ4n) is 4.86. The van der Waals surface area contributed by atoms with Gasteiger partial charge in [-0.3, -0.25) is 9.59 Å². The van der Waals surface area contributed by atoms with E-state index in [4.69, 9.17) is 0 Å². The molecule has 1 aliphatic heterocycles. The average Bonchev–Trinajstić information content (AvgIpc) is 2.99. The molecule has 0 radical (unpaired) electrons. The van der Waals surface area contributed by atoms with Gasteiger partial charge in [-0.05, 0) is 32.6 Å². The van der Waals surface area contributed by atoms with Crippen molar-refractivity contribution in [3.05, 3.63) is 0 Å². The lowest BCUT2D eigenvalue weighted by Crippen LogP contribution is -2.45. The maximum Gasteiger partial charge on any atom is 0.228 e. The van der Waals surface area contributed by atoms with E-state index in [0.29, 0.717) is 25.0 Å². The number of hydrogen-bond acceptors (Lipinski definition) is 2. The molecule has 0 bridgehead atoms. The number of nitrogens with zero attached hydrogens (tertiary/aromatic N) is 2. The third kappa shape index (κ3) is 3.72. The number of amides is 2. The second-order valence-corrected chi connectivity index (χ2v) is 7.66. The number of carbonyl (C=O) groups excluding carboxylic acids is 2. The molecule has 3 fully saturated rings. The minimum atomic E-state index is -0.0914. The molecule has 4 heteroatoms. The third-order valence-electron chi connectivity index (χ3n) is 6.16. The van der Waals surface area contributed by atoms with Crippen LogP contribution in [0.5, 0.6) is 0 Å². The van der Waals surface area contributed by atoms with Gasteiger partial charge in [0.25, 0.3) is 0 Å². The van der Waals surface area contributed by atoms with E-state index < -0.39 is 0 Å². The Kier molecular flexibility index (Phi) is 5.60. The van der Waals surface area contributed by atoms with Gasteiger partial charge in [-0.25, -0.2) is 0 Å². The second-order valence-electron chi connectivity index (χ2n) is 7.66. The van der Waals surface area contributed by atoms with Crippen molar-refractivity contribution in [1.29, 1.82) is 0 Å². The van der Waals surface area contributed by atoms with Crippen molar-refractivity contribution in [2.45, 2.75) is 89.6 Å². The molecule has 0 aromatic carbocycles. The van der Waals surface area contributed by atoms with Gasteiger partial charge in [0.1, 0.15) is 0 Å². The van der Waals surface area contributed by atoms with Crippen molar-refractivity contribution in [2.24, 2.45) is 5.92 Å². The van der Waals surface area contributed by atoms with Gasteiger partial charge in [-0.2, -0.15) is 0 Å². The van der Waals surface area contributed by atoms with Crippen LogP contribution in [0.4, 0.5) is 0 Å². The molecule has 0 spiro atoms. The van der Waals surface area contributed by atoms with E-state index in [1.807, 2.05) is 4.90 Å². The molecule has 2 saturated carbocycles. The standard InChI is InChI=1S/C19H32N2O2/c1-2-20(16-9-5-3-6-10-16)19(23)15-13-18(22)21(14-15)17-11-7-4-8-12-17/h15-17H,2-14H2,1H3. The van der Waals surface area contributed by atoms with E-state index >= 15 is 0 Å². The molecule has 23 heavy (non-hydrogen) atoms. The lowest BCUT2D eigenvalue weighted by atomic mass is 9.93.